The molecule has 0 aliphatic carbocycles. The number of para-hydroxylation sites is 1. The Morgan fingerprint density at radius 1 is 1.17 bits per heavy atom. The Labute approximate surface area is 134 Å². The zero-order valence-electron chi connectivity index (χ0n) is 12.7. The smallest absolute Gasteiger partial charge is 0.332 e. The lowest BCUT2D eigenvalue weighted by Crippen LogP contribution is -2.27. The van der Waals surface area contributed by atoms with E-state index in [2.05, 4.69) is 4.99 Å². The van der Waals surface area contributed by atoms with E-state index < -0.39 is 18.1 Å². The Hall–Kier alpha value is -2.82. The van der Waals surface area contributed by atoms with Crippen LogP contribution in [0, 0.1) is 0 Å². The normalized spacial score (nSPS) is 19.8. The molecule has 0 bridgehead atoms. The first-order valence-electron chi connectivity index (χ1n) is 7.38. The molecular formula is C18H17NO4. The molecule has 5 nitrogen and oxygen atoms in total. The number of hydrogen-bond donors (Lipinski definition) is 1. The quantitative estimate of drug-likeness (QED) is 0.922. The van der Waals surface area contributed by atoms with Gasteiger partial charge in [0.2, 0.25) is 5.90 Å². The van der Waals surface area contributed by atoms with E-state index in [1.54, 1.807) is 6.92 Å². The first-order chi connectivity index (χ1) is 11.1. The number of rotatable bonds is 5. The van der Waals surface area contributed by atoms with Gasteiger partial charge in [-0.2, -0.15) is 0 Å². The summed E-state index contributed by atoms with van der Waals surface area (Å²) in [5.74, 6) is -0.0583. The third-order valence-electron chi connectivity index (χ3n) is 3.61. The molecule has 1 unspecified atom stereocenters. The van der Waals surface area contributed by atoms with Gasteiger partial charge in [0.05, 0.1) is 5.56 Å². The highest BCUT2D eigenvalue weighted by molar-refractivity contribution is 6.00. The highest BCUT2D eigenvalue weighted by Gasteiger charge is 2.34. The van der Waals surface area contributed by atoms with Crippen molar-refractivity contribution in [3.8, 4) is 5.75 Å². The molecule has 118 valence electrons. The fourth-order valence-electron chi connectivity index (χ4n) is 2.40. The molecule has 2 atom stereocenters. The number of carboxylic acids is 1. The van der Waals surface area contributed by atoms with E-state index in [0.29, 0.717) is 23.8 Å². The van der Waals surface area contributed by atoms with Crippen LogP contribution in [0.25, 0.3) is 0 Å². The van der Waals surface area contributed by atoms with Crippen LogP contribution in [-0.2, 0) is 16.1 Å². The Bertz CT molecular complexity index is 727. The number of carbonyl (C=O) groups is 1. The zero-order valence-corrected chi connectivity index (χ0v) is 12.7. The molecular weight excluding hydrogens is 294 g/mol. The Kier molecular flexibility index (Phi) is 4.28. The molecule has 5 heteroatoms. The number of ether oxygens (including phenoxy) is 2. The fourth-order valence-corrected chi connectivity index (χ4v) is 2.40. The van der Waals surface area contributed by atoms with Gasteiger partial charge in [-0.15, -0.1) is 0 Å². The summed E-state index contributed by atoms with van der Waals surface area (Å²) in [5.41, 5.74) is 1.72. The fraction of sp³-hybridized carbons (Fsp3) is 0.222. The molecule has 0 amide bonds. The Balaban J connectivity index is 1.81. The number of benzene rings is 2. The predicted octanol–water partition coefficient (Wildman–Crippen LogP) is 2.88. The van der Waals surface area contributed by atoms with Crippen LogP contribution >= 0.6 is 0 Å². The van der Waals surface area contributed by atoms with Gasteiger partial charge in [0.25, 0.3) is 0 Å². The van der Waals surface area contributed by atoms with Gasteiger partial charge in [-0.1, -0.05) is 42.5 Å². The van der Waals surface area contributed by atoms with E-state index in [1.807, 2.05) is 54.6 Å². The molecule has 23 heavy (non-hydrogen) atoms. The van der Waals surface area contributed by atoms with Crippen LogP contribution < -0.4 is 4.74 Å². The number of hydrogen-bond acceptors (Lipinski definition) is 4. The number of carboxylic acid groups (broad SMARTS) is 1. The molecule has 1 aliphatic rings. The van der Waals surface area contributed by atoms with Gasteiger partial charge < -0.3 is 14.6 Å². The number of aliphatic imine (C=N–C) groups is 1. The van der Waals surface area contributed by atoms with E-state index >= 15 is 0 Å². The molecule has 3 rings (SSSR count). The minimum Gasteiger partial charge on any atom is -0.488 e. The summed E-state index contributed by atoms with van der Waals surface area (Å²) in [6, 6.07) is 16.3. The van der Waals surface area contributed by atoms with Crippen molar-refractivity contribution in [2.24, 2.45) is 4.99 Å². The first-order valence-corrected chi connectivity index (χ1v) is 7.38. The van der Waals surface area contributed by atoms with E-state index in [1.165, 1.54) is 0 Å². The van der Waals surface area contributed by atoms with E-state index in [-0.39, 0.29) is 0 Å². The SMILES string of the molecule is C[C@H]1OC(c2ccccc2OCc2ccccc2)=NC1C(=O)O. The van der Waals surface area contributed by atoms with Crippen LogP contribution in [0.15, 0.2) is 59.6 Å². The standard InChI is InChI=1S/C18H17NO4/c1-12-16(18(20)21)19-17(23-12)14-9-5-6-10-15(14)22-11-13-7-3-2-4-8-13/h2-10,12,16H,11H2,1H3,(H,20,21)/t12-,16?/m1/s1. The van der Waals surface area contributed by atoms with Gasteiger partial charge in [0.1, 0.15) is 18.5 Å². The maximum absolute atomic E-state index is 11.2. The molecule has 2 aromatic carbocycles. The largest absolute Gasteiger partial charge is 0.488 e. The summed E-state index contributed by atoms with van der Waals surface area (Å²) < 4.78 is 11.5. The highest BCUT2D eigenvalue weighted by atomic mass is 16.5. The molecule has 0 fully saturated rings. The molecule has 1 aliphatic heterocycles. The number of aliphatic carboxylic acids is 1. The maximum atomic E-state index is 11.2. The maximum Gasteiger partial charge on any atom is 0.332 e. The molecule has 0 aromatic heterocycles. The van der Waals surface area contributed by atoms with Crippen LogP contribution in [0.5, 0.6) is 5.75 Å². The van der Waals surface area contributed by atoms with Crippen molar-refractivity contribution in [1.29, 1.82) is 0 Å². The van der Waals surface area contributed by atoms with Crippen LogP contribution in [0.2, 0.25) is 0 Å². The average Bonchev–Trinajstić information content (AvgIpc) is 2.96. The monoisotopic (exact) mass is 311 g/mol. The van der Waals surface area contributed by atoms with Crippen molar-refractivity contribution >= 4 is 11.9 Å². The van der Waals surface area contributed by atoms with Crippen molar-refractivity contribution in [3.63, 3.8) is 0 Å². The van der Waals surface area contributed by atoms with Gasteiger partial charge in [-0.25, -0.2) is 9.79 Å². The third-order valence-corrected chi connectivity index (χ3v) is 3.61. The second-order valence-corrected chi connectivity index (χ2v) is 5.31. The lowest BCUT2D eigenvalue weighted by molar-refractivity contribution is -0.139. The third kappa shape index (κ3) is 3.34. The molecule has 1 N–H and O–H groups in total. The van der Waals surface area contributed by atoms with Gasteiger partial charge in [-0.3, -0.25) is 0 Å². The van der Waals surface area contributed by atoms with Crippen molar-refractivity contribution in [1.82, 2.24) is 0 Å². The molecule has 2 aromatic rings. The van der Waals surface area contributed by atoms with Crippen molar-refractivity contribution in [2.75, 3.05) is 0 Å². The van der Waals surface area contributed by atoms with Crippen LogP contribution in [0.3, 0.4) is 0 Å². The molecule has 0 radical (unpaired) electrons. The summed E-state index contributed by atoms with van der Waals surface area (Å²) in [7, 11) is 0. The molecule has 1 heterocycles. The Morgan fingerprint density at radius 3 is 2.57 bits per heavy atom. The topological polar surface area (TPSA) is 68.1 Å². The first kappa shape index (κ1) is 15.1. The van der Waals surface area contributed by atoms with Gasteiger partial charge in [0.15, 0.2) is 6.04 Å². The van der Waals surface area contributed by atoms with Crippen LogP contribution in [0.4, 0.5) is 0 Å². The van der Waals surface area contributed by atoms with Crippen LogP contribution in [0.1, 0.15) is 18.1 Å². The van der Waals surface area contributed by atoms with Crippen LogP contribution in [-0.4, -0.2) is 29.1 Å². The minimum absolute atomic E-state index is 0.313. The van der Waals surface area contributed by atoms with Gasteiger partial charge in [0, 0.05) is 0 Å². The van der Waals surface area contributed by atoms with Gasteiger partial charge in [-0.05, 0) is 24.6 Å². The summed E-state index contributed by atoms with van der Waals surface area (Å²) in [5, 5.41) is 9.15. The lowest BCUT2D eigenvalue weighted by atomic mass is 10.2. The molecule has 0 saturated heterocycles. The number of nitrogens with zero attached hydrogens (tertiary/aromatic N) is 1. The predicted molar refractivity (Wildman–Crippen MR) is 85.7 cm³/mol. The molecule has 0 saturated carbocycles. The summed E-state index contributed by atoms with van der Waals surface area (Å²) in [6.07, 6.45) is -0.496. The summed E-state index contributed by atoms with van der Waals surface area (Å²) in [6.45, 7) is 2.12. The van der Waals surface area contributed by atoms with Crippen molar-refractivity contribution in [3.05, 3.63) is 65.7 Å². The van der Waals surface area contributed by atoms with Crippen molar-refractivity contribution in [2.45, 2.75) is 25.7 Å². The second kappa shape index (κ2) is 6.52. The van der Waals surface area contributed by atoms with Gasteiger partial charge >= 0.3 is 5.97 Å². The summed E-state index contributed by atoms with van der Waals surface area (Å²) >= 11 is 0. The molecule has 0 spiro atoms. The lowest BCUT2D eigenvalue weighted by Gasteiger charge is -2.12. The van der Waals surface area contributed by atoms with Crippen molar-refractivity contribution < 1.29 is 19.4 Å². The van der Waals surface area contributed by atoms with E-state index in [9.17, 15) is 4.79 Å². The Morgan fingerprint density at radius 2 is 1.87 bits per heavy atom. The van der Waals surface area contributed by atoms with E-state index in [0.717, 1.165) is 5.56 Å². The average molecular weight is 311 g/mol. The minimum atomic E-state index is -0.991. The summed E-state index contributed by atoms with van der Waals surface area (Å²) in [4.78, 5) is 15.3. The highest BCUT2D eigenvalue weighted by Crippen LogP contribution is 2.25. The zero-order chi connectivity index (χ0) is 16.2. The second-order valence-electron chi connectivity index (χ2n) is 5.31. The van der Waals surface area contributed by atoms with E-state index in [4.69, 9.17) is 14.6 Å².